The van der Waals surface area contributed by atoms with Gasteiger partial charge in [0.25, 0.3) is 0 Å². The second kappa shape index (κ2) is 16.0. The van der Waals surface area contributed by atoms with E-state index in [0.717, 1.165) is 124 Å². The first-order valence-corrected chi connectivity index (χ1v) is 21.9. The Morgan fingerprint density at radius 2 is 1.17 bits per heavy atom. The molecule has 10 rings (SSSR count). The number of aryl methyl sites for hydroxylation is 2. The number of nitrogens with zero attached hydrogens (tertiary/aromatic N) is 6. The smallest absolute Gasteiger partial charge is 0.161 e. The monoisotopic (exact) mass is 837 g/mol. The Hall–Kier alpha value is -5.36. The molecule has 2 saturated heterocycles. The van der Waals surface area contributed by atoms with E-state index in [1.165, 1.54) is 16.9 Å². The first kappa shape index (κ1) is 37.9. The highest BCUT2D eigenvalue weighted by atomic mass is 35.5. The SMILES string of the molecule is Cc1csc(-c2c(-c3ccc(N4CCNCC4)cc3)n(NCc3ccc(-c4c(-c5ccc(N6CCNCC6)cc5)n(C)c5nccc(Cl)c45)cc3)c3nccc(Cl)c23)c1. The van der Waals surface area contributed by atoms with Crippen LogP contribution in [-0.4, -0.2) is 71.6 Å². The van der Waals surface area contributed by atoms with Crippen molar-refractivity contribution >= 4 is 68.0 Å². The van der Waals surface area contributed by atoms with Crippen molar-refractivity contribution in [1.82, 2.24) is 29.8 Å². The number of aromatic nitrogens is 4. The van der Waals surface area contributed by atoms with Gasteiger partial charge in [0, 0.05) is 116 Å². The molecule has 0 aliphatic carbocycles. The maximum absolute atomic E-state index is 7.06. The number of hydrogen-bond acceptors (Lipinski definition) is 8. The molecule has 3 N–H and O–H groups in total. The molecule has 3 aromatic carbocycles. The van der Waals surface area contributed by atoms with Crippen LogP contribution >= 0.6 is 34.5 Å². The third-order valence-electron chi connectivity index (χ3n) is 11.7. The maximum atomic E-state index is 7.06. The summed E-state index contributed by atoms with van der Waals surface area (Å²) >= 11 is 15.8. The number of thiophene rings is 1. The quantitative estimate of drug-likeness (QED) is 0.134. The number of anilines is 2. The van der Waals surface area contributed by atoms with Crippen LogP contribution in [0.4, 0.5) is 11.4 Å². The topological polar surface area (TPSA) is 78.2 Å². The van der Waals surface area contributed by atoms with Crippen molar-refractivity contribution in [1.29, 1.82) is 0 Å². The van der Waals surface area contributed by atoms with Gasteiger partial charge in [0.15, 0.2) is 5.65 Å². The summed E-state index contributed by atoms with van der Waals surface area (Å²) in [5.41, 5.74) is 17.8. The Bertz CT molecular complexity index is 2780. The van der Waals surface area contributed by atoms with Crippen molar-refractivity contribution in [2.45, 2.75) is 13.5 Å². The summed E-state index contributed by atoms with van der Waals surface area (Å²) in [4.78, 5) is 15.8. The zero-order valence-electron chi connectivity index (χ0n) is 33.1. The van der Waals surface area contributed by atoms with Gasteiger partial charge in [-0.3, -0.25) is 0 Å². The number of halogens is 2. The van der Waals surface area contributed by atoms with Crippen LogP contribution in [-0.2, 0) is 13.6 Å². The molecular weight excluding hydrogens is 794 g/mol. The molecule has 7 heterocycles. The van der Waals surface area contributed by atoms with Gasteiger partial charge in [0.1, 0.15) is 5.65 Å². The van der Waals surface area contributed by atoms with Gasteiger partial charge < -0.3 is 30.4 Å². The number of hydrogen-bond donors (Lipinski definition) is 3. The van der Waals surface area contributed by atoms with Gasteiger partial charge in [-0.25, -0.2) is 14.6 Å². The minimum absolute atomic E-state index is 0.561. The highest BCUT2D eigenvalue weighted by Crippen LogP contribution is 2.46. The highest BCUT2D eigenvalue weighted by Gasteiger charge is 2.26. The first-order valence-electron chi connectivity index (χ1n) is 20.3. The Kier molecular flexibility index (Phi) is 10.3. The van der Waals surface area contributed by atoms with E-state index in [9.17, 15) is 0 Å². The standard InChI is InChI=1S/C47H45Cl2N9S/c1-30-27-39(59-29-30)43-42-38(49)16-18-53-47(42)58(45(43)34-9-13-36(14-10-34)57-25-21-51-22-26-57)54-28-31-3-5-32(6-4-31)40-41-37(48)15-17-52-46(41)55(2)44(40)33-7-11-35(12-8-33)56-23-19-50-20-24-56/h3-18,27,29,50-51,54H,19-26,28H2,1-2H3. The Labute approximate surface area is 358 Å². The molecule has 2 fully saturated rings. The van der Waals surface area contributed by atoms with E-state index in [2.05, 4.69) is 133 Å². The summed E-state index contributed by atoms with van der Waals surface area (Å²) in [6, 6.07) is 32.7. The van der Waals surface area contributed by atoms with Crippen molar-refractivity contribution in [3.8, 4) is 44.1 Å². The average Bonchev–Trinajstić information content (AvgIpc) is 3.96. The van der Waals surface area contributed by atoms with Crippen LogP contribution in [0.1, 0.15) is 11.1 Å². The zero-order valence-corrected chi connectivity index (χ0v) is 35.4. The van der Waals surface area contributed by atoms with Crippen LogP contribution in [0.15, 0.2) is 109 Å². The molecule has 2 aliphatic rings. The van der Waals surface area contributed by atoms with Gasteiger partial charge in [-0.2, -0.15) is 0 Å². The third kappa shape index (κ3) is 7.02. The lowest BCUT2D eigenvalue weighted by molar-refractivity contribution is 0.589. The Morgan fingerprint density at radius 3 is 1.73 bits per heavy atom. The molecule has 59 heavy (non-hydrogen) atoms. The lowest BCUT2D eigenvalue weighted by Gasteiger charge is -2.29. The lowest BCUT2D eigenvalue weighted by atomic mass is 9.97. The molecule has 298 valence electrons. The fourth-order valence-electron chi connectivity index (χ4n) is 8.78. The van der Waals surface area contributed by atoms with Gasteiger partial charge in [0.05, 0.1) is 28.0 Å². The molecule has 0 bridgehead atoms. The van der Waals surface area contributed by atoms with E-state index in [-0.39, 0.29) is 0 Å². The van der Waals surface area contributed by atoms with Gasteiger partial charge in [0.2, 0.25) is 0 Å². The van der Waals surface area contributed by atoms with Crippen LogP contribution in [0.3, 0.4) is 0 Å². The predicted molar refractivity (Wildman–Crippen MR) is 248 cm³/mol. The summed E-state index contributed by atoms with van der Waals surface area (Å²) in [5, 5.41) is 12.4. The average molecular weight is 839 g/mol. The van der Waals surface area contributed by atoms with Gasteiger partial charge in [-0.05, 0) is 77.0 Å². The Balaban J connectivity index is 1.01. The molecule has 9 nitrogen and oxygen atoms in total. The lowest BCUT2D eigenvalue weighted by Crippen LogP contribution is -2.43. The fourth-order valence-corrected chi connectivity index (χ4v) is 10.2. The van der Waals surface area contributed by atoms with E-state index < -0.39 is 0 Å². The molecule has 0 spiro atoms. The highest BCUT2D eigenvalue weighted by molar-refractivity contribution is 7.13. The molecule has 0 amide bonds. The predicted octanol–water partition coefficient (Wildman–Crippen LogP) is 9.83. The van der Waals surface area contributed by atoms with Crippen LogP contribution in [0.2, 0.25) is 10.0 Å². The minimum atomic E-state index is 0.561. The number of fused-ring (bicyclic) bond motifs is 2. The number of pyridine rings is 2. The van der Waals surface area contributed by atoms with Crippen molar-refractivity contribution in [3.05, 3.63) is 130 Å². The molecule has 0 atom stereocenters. The van der Waals surface area contributed by atoms with E-state index in [4.69, 9.17) is 33.2 Å². The van der Waals surface area contributed by atoms with Crippen LogP contribution in [0, 0.1) is 6.92 Å². The number of nitrogens with one attached hydrogen (secondary N) is 3. The summed E-state index contributed by atoms with van der Waals surface area (Å²) in [7, 11) is 2.08. The molecule has 2 aliphatic heterocycles. The van der Waals surface area contributed by atoms with Crippen LogP contribution in [0.25, 0.3) is 66.1 Å². The van der Waals surface area contributed by atoms with Crippen LogP contribution in [0.5, 0.6) is 0 Å². The Morgan fingerprint density at radius 1 is 0.644 bits per heavy atom. The maximum Gasteiger partial charge on any atom is 0.161 e. The van der Waals surface area contributed by atoms with E-state index >= 15 is 0 Å². The second-order valence-corrected chi connectivity index (χ2v) is 17.1. The number of piperazine rings is 2. The summed E-state index contributed by atoms with van der Waals surface area (Å²) < 4.78 is 4.31. The van der Waals surface area contributed by atoms with E-state index in [1.807, 2.05) is 12.1 Å². The van der Waals surface area contributed by atoms with Crippen molar-refractivity contribution in [3.63, 3.8) is 0 Å². The second-order valence-electron chi connectivity index (χ2n) is 15.4. The van der Waals surface area contributed by atoms with Crippen molar-refractivity contribution in [2.75, 3.05) is 67.6 Å². The minimum Gasteiger partial charge on any atom is -0.369 e. The van der Waals surface area contributed by atoms with Gasteiger partial charge >= 0.3 is 0 Å². The molecule has 0 radical (unpaired) electrons. The number of rotatable bonds is 9. The molecular formula is C47H45Cl2N9S. The summed E-state index contributed by atoms with van der Waals surface area (Å²) in [6.45, 7) is 10.7. The van der Waals surface area contributed by atoms with E-state index in [0.29, 0.717) is 16.6 Å². The zero-order chi connectivity index (χ0) is 40.0. The molecule has 12 heteroatoms. The van der Waals surface area contributed by atoms with Crippen molar-refractivity contribution < 1.29 is 0 Å². The normalized spacial score (nSPS) is 14.8. The van der Waals surface area contributed by atoms with E-state index in [1.54, 1.807) is 23.7 Å². The number of benzene rings is 3. The first-order chi connectivity index (χ1) is 28.9. The molecule has 8 aromatic rings. The fraction of sp³-hybridized carbons (Fsp3) is 0.234. The van der Waals surface area contributed by atoms with Crippen LogP contribution < -0.4 is 25.9 Å². The molecule has 5 aromatic heterocycles. The largest absolute Gasteiger partial charge is 0.369 e. The van der Waals surface area contributed by atoms with Crippen molar-refractivity contribution in [2.24, 2.45) is 7.05 Å². The van der Waals surface area contributed by atoms with Gasteiger partial charge in [-0.15, -0.1) is 11.3 Å². The molecule has 0 unspecified atom stereocenters. The van der Waals surface area contributed by atoms with Gasteiger partial charge in [-0.1, -0.05) is 71.7 Å². The molecule has 0 saturated carbocycles. The summed E-state index contributed by atoms with van der Waals surface area (Å²) in [5.74, 6) is 0. The summed E-state index contributed by atoms with van der Waals surface area (Å²) in [6.07, 6.45) is 3.58. The third-order valence-corrected chi connectivity index (χ3v) is 13.4.